The largest absolute Gasteiger partial charge is 0.351 e. The van der Waals surface area contributed by atoms with Crippen molar-refractivity contribution in [3.05, 3.63) is 29.8 Å². The first kappa shape index (κ1) is 13.5. The lowest BCUT2D eigenvalue weighted by Crippen LogP contribution is -2.42. The molecule has 0 spiro atoms. The summed E-state index contributed by atoms with van der Waals surface area (Å²) >= 11 is 0. The molecular weight excluding hydrogens is 266 g/mol. The van der Waals surface area contributed by atoms with Crippen LogP contribution in [-0.2, 0) is 10.0 Å². The fourth-order valence-corrected chi connectivity index (χ4v) is 2.63. The lowest BCUT2D eigenvalue weighted by atomic mass is 10.2. The lowest BCUT2D eigenvalue weighted by Gasteiger charge is -2.18. The number of hydrogen-bond donors (Lipinski definition) is 1. The molecule has 0 fully saturated rings. The highest BCUT2D eigenvalue weighted by molar-refractivity contribution is 7.90. The van der Waals surface area contributed by atoms with Gasteiger partial charge in [-0.3, -0.25) is 0 Å². The van der Waals surface area contributed by atoms with Crippen LogP contribution in [0.15, 0.2) is 34.3 Å². The summed E-state index contributed by atoms with van der Waals surface area (Å²) in [5, 5.41) is 4.97. The fraction of sp³-hybridized carbons (Fsp3) is 0.333. The van der Waals surface area contributed by atoms with Crippen LogP contribution in [-0.4, -0.2) is 31.7 Å². The summed E-state index contributed by atoms with van der Waals surface area (Å²) in [6.07, 6.45) is 2.21. The van der Waals surface area contributed by atoms with Crippen molar-refractivity contribution in [3.8, 4) is 0 Å². The molecule has 102 valence electrons. The Morgan fingerprint density at radius 2 is 2.00 bits per heavy atom. The number of nitrogens with one attached hydrogen (secondary N) is 1. The molecule has 0 unspecified atom stereocenters. The standard InChI is InChI=1S/C12H15N3O3S/c1-9-3-5-11(6-4-9)19(17,18)14-12(16)15-10(2)7-8-13-15/h3-6,8,10H,7H2,1-2H3,(H,14,16)/t10-/m1/s1. The van der Waals surface area contributed by atoms with Crippen molar-refractivity contribution in [2.24, 2.45) is 5.10 Å². The van der Waals surface area contributed by atoms with Gasteiger partial charge in [-0.2, -0.15) is 5.10 Å². The number of hydrazone groups is 1. The number of benzene rings is 1. The van der Waals surface area contributed by atoms with Crippen molar-refractivity contribution < 1.29 is 13.2 Å². The molecule has 1 heterocycles. The van der Waals surface area contributed by atoms with Gasteiger partial charge in [-0.15, -0.1) is 0 Å². The average molecular weight is 281 g/mol. The van der Waals surface area contributed by atoms with E-state index in [0.717, 1.165) is 10.6 Å². The fourth-order valence-electron chi connectivity index (χ4n) is 1.69. The smallest absolute Gasteiger partial charge is 0.246 e. The molecule has 1 aliphatic heterocycles. The highest BCUT2D eigenvalue weighted by Gasteiger charge is 2.27. The maximum Gasteiger partial charge on any atom is 0.351 e. The van der Waals surface area contributed by atoms with Crippen LogP contribution >= 0.6 is 0 Å². The first-order valence-electron chi connectivity index (χ1n) is 5.85. The second kappa shape index (κ2) is 5.00. The molecule has 1 N–H and O–H groups in total. The zero-order valence-corrected chi connectivity index (χ0v) is 11.5. The second-order valence-electron chi connectivity index (χ2n) is 4.45. The third kappa shape index (κ3) is 2.93. The molecule has 1 aromatic carbocycles. The van der Waals surface area contributed by atoms with E-state index in [1.165, 1.54) is 12.1 Å². The number of carbonyl (C=O) groups excluding carboxylic acids is 1. The van der Waals surface area contributed by atoms with E-state index in [9.17, 15) is 13.2 Å². The number of aryl methyl sites for hydroxylation is 1. The molecule has 6 nitrogen and oxygen atoms in total. The van der Waals surface area contributed by atoms with Crippen molar-refractivity contribution in [2.45, 2.75) is 31.2 Å². The topological polar surface area (TPSA) is 78.8 Å². The molecule has 1 aliphatic rings. The third-order valence-corrected chi connectivity index (χ3v) is 4.17. The third-order valence-electron chi connectivity index (χ3n) is 2.83. The Hall–Kier alpha value is -1.89. The Morgan fingerprint density at radius 3 is 2.53 bits per heavy atom. The Morgan fingerprint density at radius 1 is 1.37 bits per heavy atom. The lowest BCUT2D eigenvalue weighted by molar-refractivity contribution is 0.196. The molecule has 2 amide bonds. The van der Waals surface area contributed by atoms with Crippen molar-refractivity contribution >= 4 is 22.3 Å². The minimum Gasteiger partial charge on any atom is -0.246 e. The zero-order valence-electron chi connectivity index (χ0n) is 10.7. The van der Waals surface area contributed by atoms with E-state index in [2.05, 4.69) is 5.10 Å². The summed E-state index contributed by atoms with van der Waals surface area (Å²) in [7, 11) is -3.85. The van der Waals surface area contributed by atoms with Gasteiger partial charge < -0.3 is 0 Å². The molecule has 19 heavy (non-hydrogen) atoms. The summed E-state index contributed by atoms with van der Waals surface area (Å²) in [5.41, 5.74) is 0.947. The molecule has 2 rings (SSSR count). The van der Waals surface area contributed by atoms with Crippen LogP contribution in [0.2, 0.25) is 0 Å². The maximum absolute atomic E-state index is 12.0. The number of sulfonamides is 1. The van der Waals surface area contributed by atoms with Gasteiger partial charge in [-0.25, -0.2) is 22.9 Å². The average Bonchev–Trinajstić information content (AvgIpc) is 2.75. The van der Waals surface area contributed by atoms with Crippen LogP contribution in [0.25, 0.3) is 0 Å². The molecule has 0 saturated heterocycles. The molecule has 7 heteroatoms. The predicted octanol–water partition coefficient (Wildman–Crippen LogP) is 1.47. The maximum atomic E-state index is 12.0. The minimum atomic E-state index is -3.85. The number of amides is 2. The van der Waals surface area contributed by atoms with E-state index in [0.29, 0.717) is 6.42 Å². The highest BCUT2D eigenvalue weighted by Crippen LogP contribution is 2.13. The van der Waals surface area contributed by atoms with Gasteiger partial charge in [-0.05, 0) is 26.0 Å². The van der Waals surface area contributed by atoms with E-state index >= 15 is 0 Å². The highest BCUT2D eigenvalue weighted by atomic mass is 32.2. The Bertz CT molecular complexity index is 608. The Labute approximate surface area is 112 Å². The number of nitrogens with zero attached hydrogens (tertiary/aromatic N) is 2. The van der Waals surface area contributed by atoms with Crippen LogP contribution in [0.1, 0.15) is 18.9 Å². The van der Waals surface area contributed by atoms with E-state index in [1.807, 2.05) is 11.6 Å². The van der Waals surface area contributed by atoms with Gasteiger partial charge in [-0.1, -0.05) is 17.7 Å². The summed E-state index contributed by atoms with van der Waals surface area (Å²) in [4.78, 5) is 11.9. The van der Waals surface area contributed by atoms with E-state index in [-0.39, 0.29) is 10.9 Å². The van der Waals surface area contributed by atoms with Crippen LogP contribution < -0.4 is 4.72 Å². The molecule has 0 bridgehead atoms. The monoisotopic (exact) mass is 281 g/mol. The summed E-state index contributed by atoms with van der Waals surface area (Å²) in [6.45, 7) is 3.65. The second-order valence-corrected chi connectivity index (χ2v) is 6.13. The van der Waals surface area contributed by atoms with Crippen LogP contribution in [0, 0.1) is 6.92 Å². The van der Waals surface area contributed by atoms with Crippen LogP contribution in [0.5, 0.6) is 0 Å². The predicted molar refractivity (Wildman–Crippen MR) is 71.3 cm³/mol. The number of rotatable bonds is 2. The molecule has 0 saturated carbocycles. The first-order chi connectivity index (χ1) is 8.90. The van der Waals surface area contributed by atoms with Crippen molar-refractivity contribution in [1.82, 2.24) is 9.73 Å². The van der Waals surface area contributed by atoms with Crippen molar-refractivity contribution in [2.75, 3.05) is 0 Å². The van der Waals surface area contributed by atoms with Gasteiger partial charge >= 0.3 is 6.03 Å². The van der Waals surface area contributed by atoms with E-state index in [4.69, 9.17) is 0 Å². The van der Waals surface area contributed by atoms with E-state index in [1.54, 1.807) is 25.3 Å². The molecule has 1 atom stereocenters. The Balaban J connectivity index is 2.15. The number of carbonyl (C=O) groups is 1. The first-order valence-corrected chi connectivity index (χ1v) is 7.33. The number of hydrogen-bond acceptors (Lipinski definition) is 4. The Kier molecular flexibility index (Phi) is 3.57. The molecule has 1 aromatic rings. The van der Waals surface area contributed by atoms with Gasteiger partial charge in [0.2, 0.25) is 0 Å². The van der Waals surface area contributed by atoms with Crippen LogP contribution in [0.4, 0.5) is 4.79 Å². The van der Waals surface area contributed by atoms with Gasteiger partial charge in [0.15, 0.2) is 0 Å². The minimum absolute atomic E-state index is 0.0577. The number of urea groups is 1. The zero-order chi connectivity index (χ0) is 14.0. The van der Waals surface area contributed by atoms with Crippen LogP contribution in [0.3, 0.4) is 0 Å². The van der Waals surface area contributed by atoms with Gasteiger partial charge in [0.1, 0.15) is 0 Å². The SMILES string of the molecule is Cc1ccc(S(=O)(=O)NC(=O)N2N=CC[C@H]2C)cc1. The molecule has 0 aliphatic carbocycles. The van der Waals surface area contributed by atoms with Gasteiger partial charge in [0.05, 0.1) is 10.9 Å². The van der Waals surface area contributed by atoms with Gasteiger partial charge in [0.25, 0.3) is 10.0 Å². The molecular formula is C12H15N3O3S. The summed E-state index contributed by atoms with van der Waals surface area (Å²) < 4.78 is 26.0. The molecule has 0 aromatic heterocycles. The summed E-state index contributed by atoms with van der Waals surface area (Å²) in [5.74, 6) is 0. The van der Waals surface area contributed by atoms with E-state index < -0.39 is 16.1 Å². The normalized spacial score (nSPS) is 18.6. The summed E-state index contributed by atoms with van der Waals surface area (Å²) in [6, 6.07) is 5.41. The molecule has 0 radical (unpaired) electrons. The van der Waals surface area contributed by atoms with Crippen molar-refractivity contribution in [3.63, 3.8) is 0 Å². The quantitative estimate of drug-likeness (QED) is 0.891. The van der Waals surface area contributed by atoms with Gasteiger partial charge in [0, 0.05) is 12.6 Å². The van der Waals surface area contributed by atoms with Crippen molar-refractivity contribution in [1.29, 1.82) is 0 Å².